The average molecular weight is 345 g/mol. The second-order valence-corrected chi connectivity index (χ2v) is 5.70. The van der Waals surface area contributed by atoms with Gasteiger partial charge in [0.05, 0.1) is 12.6 Å². The summed E-state index contributed by atoms with van der Waals surface area (Å²) in [6.07, 6.45) is 1.38. The Morgan fingerprint density at radius 1 is 1.39 bits per heavy atom. The van der Waals surface area contributed by atoms with Crippen molar-refractivity contribution >= 4 is 24.3 Å². The molecule has 0 saturated carbocycles. The number of hydrogen-bond donors (Lipinski definition) is 1. The third kappa shape index (κ3) is 4.65. The second-order valence-electron chi connectivity index (χ2n) is 5.70. The number of nitrogens with zero attached hydrogens (tertiary/aromatic N) is 2. The minimum absolute atomic E-state index is 0. The van der Waals surface area contributed by atoms with E-state index in [1.165, 1.54) is 12.1 Å². The lowest BCUT2D eigenvalue weighted by Gasteiger charge is -2.28. The summed E-state index contributed by atoms with van der Waals surface area (Å²) in [4.78, 5) is 26.8. The Balaban J connectivity index is 0.00000264. The highest BCUT2D eigenvalue weighted by molar-refractivity contribution is 5.85. The molecule has 2 atom stereocenters. The largest absolute Gasteiger partial charge is 0.480 e. The third-order valence-electron chi connectivity index (χ3n) is 4.31. The molecule has 1 aromatic rings. The van der Waals surface area contributed by atoms with Gasteiger partial charge in [-0.1, -0.05) is 12.1 Å². The number of carbonyl (C=O) groups excluding carboxylic acids is 1. The van der Waals surface area contributed by atoms with E-state index < -0.39 is 12.0 Å². The highest BCUT2D eigenvalue weighted by atomic mass is 35.5. The number of benzene rings is 1. The zero-order chi connectivity index (χ0) is 16.3. The van der Waals surface area contributed by atoms with Crippen molar-refractivity contribution in [2.45, 2.75) is 31.8 Å². The summed E-state index contributed by atoms with van der Waals surface area (Å²) in [5, 5.41) is 9.15. The molecule has 1 saturated heterocycles. The lowest BCUT2D eigenvalue weighted by molar-refractivity contribution is -0.143. The SMILES string of the molecule is CC(c1ccc(F)cc1)N(C)C(=O)CN1CCC[C@@H]1C(=O)O.Cl. The van der Waals surface area contributed by atoms with Crippen LogP contribution in [-0.4, -0.2) is 53.0 Å². The van der Waals surface area contributed by atoms with E-state index in [0.29, 0.717) is 13.0 Å². The summed E-state index contributed by atoms with van der Waals surface area (Å²) in [5.41, 5.74) is 0.841. The van der Waals surface area contributed by atoms with Gasteiger partial charge in [-0.05, 0) is 44.0 Å². The molecule has 1 aliphatic rings. The van der Waals surface area contributed by atoms with E-state index >= 15 is 0 Å². The molecule has 2 rings (SSSR count). The number of carboxylic acid groups (broad SMARTS) is 1. The highest BCUT2D eigenvalue weighted by Crippen LogP contribution is 2.21. The smallest absolute Gasteiger partial charge is 0.320 e. The Morgan fingerprint density at radius 2 is 2.00 bits per heavy atom. The van der Waals surface area contributed by atoms with Gasteiger partial charge in [-0.15, -0.1) is 12.4 Å². The van der Waals surface area contributed by atoms with Crippen molar-refractivity contribution in [2.24, 2.45) is 0 Å². The lowest BCUT2D eigenvalue weighted by Crippen LogP contribution is -2.44. The maximum atomic E-state index is 13.0. The van der Waals surface area contributed by atoms with Crippen LogP contribution < -0.4 is 0 Å². The third-order valence-corrected chi connectivity index (χ3v) is 4.31. The predicted octanol–water partition coefficient (Wildman–Crippen LogP) is 2.32. The molecular formula is C16H22ClFN2O3. The number of carboxylic acids is 1. The van der Waals surface area contributed by atoms with Gasteiger partial charge >= 0.3 is 5.97 Å². The van der Waals surface area contributed by atoms with Crippen LogP contribution >= 0.6 is 12.4 Å². The van der Waals surface area contributed by atoms with Crippen LogP contribution in [0.1, 0.15) is 31.4 Å². The summed E-state index contributed by atoms with van der Waals surface area (Å²) in [7, 11) is 1.68. The van der Waals surface area contributed by atoms with E-state index in [1.807, 2.05) is 6.92 Å². The van der Waals surface area contributed by atoms with Crippen LogP contribution in [0.3, 0.4) is 0 Å². The molecule has 1 fully saturated rings. The van der Waals surface area contributed by atoms with Gasteiger partial charge in [0, 0.05) is 7.05 Å². The number of halogens is 2. The van der Waals surface area contributed by atoms with Gasteiger partial charge in [-0.25, -0.2) is 4.39 Å². The monoisotopic (exact) mass is 344 g/mol. The van der Waals surface area contributed by atoms with Gasteiger partial charge < -0.3 is 10.0 Å². The number of rotatable bonds is 5. The summed E-state index contributed by atoms with van der Waals surface area (Å²) < 4.78 is 13.0. The Labute approximate surface area is 141 Å². The molecule has 1 N–H and O–H groups in total. The highest BCUT2D eigenvalue weighted by Gasteiger charge is 2.32. The van der Waals surface area contributed by atoms with E-state index in [4.69, 9.17) is 5.11 Å². The number of hydrogen-bond acceptors (Lipinski definition) is 3. The molecule has 0 spiro atoms. The van der Waals surface area contributed by atoms with E-state index in [9.17, 15) is 14.0 Å². The summed E-state index contributed by atoms with van der Waals surface area (Å²) in [6, 6.07) is 5.27. The molecule has 0 aromatic heterocycles. The van der Waals surface area contributed by atoms with Crippen LogP contribution in [0.5, 0.6) is 0 Å². The number of amides is 1. The van der Waals surface area contributed by atoms with Crippen molar-refractivity contribution in [3.05, 3.63) is 35.6 Å². The first kappa shape index (κ1) is 19.4. The zero-order valence-electron chi connectivity index (χ0n) is 13.2. The molecule has 128 valence electrons. The van der Waals surface area contributed by atoms with E-state index in [0.717, 1.165) is 12.0 Å². The fraction of sp³-hybridized carbons (Fsp3) is 0.500. The first-order valence-corrected chi connectivity index (χ1v) is 7.38. The zero-order valence-corrected chi connectivity index (χ0v) is 14.1. The van der Waals surface area contributed by atoms with Gasteiger partial charge in [0.2, 0.25) is 5.91 Å². The van der Waals surface area contributed by atoms with Gasteiger partial charge in [0.1, 0.15) is 11.9 Å². The first-order chi connectivity index (χ1) is 10.4. The minimum Gasteiger partial charge on any atom is -0.480 e. The van der Waals surface area contributed by atoms with Crippen LogP contribution in [-0.2, 0) is 9.59 Å². The summed E-state index contributed by atoms with van der Waals surface area (Å²) >= 11 is 0. The van der Waals surface area contributed by atoms with Crippen molar-refractivity contribution in [3.8, 4) is 0 Å². The minimum atomic E-state index is -0.875. The Kier molecular flexibility index (Phi) is 6.97. The molecule has 1 heterocycles. The number of carbonyl (C=O) groups is 2. The van der Waals surface area contributed by atoms with Crippen LogP contribution in [0.25, 0.3) is 0 Å². The van der Waals surface area contributed by atoms with Crippen molar-refractivity contribution < 1.29 is 19.1 Å². The maximum Gasteiger partial charge on any atom is 0.320 e. The maximum absolute atomic E-state index is 13.0. The van der Waals surface area contributed by atoms with Crippen molar-refractivity contribution in [1.29, 1.82) is 0 Å². The second kappa shape index (κ2) is 8.26. The number of aliphatic carboxylic acids is 1. The molecule has 0 radical (unpaired) electrons. The molecule has 1 aliphatic heterocycles. The fourth-order valence-corrected chi connectivity index (χ4v) is 2.76. The van der Waals surface area contributed by atoms with Crippen LogP contribution in [0.15, 0.2) is 24.3 Å². The van der Waals surface area contributed by atoms with Crippen LogP contribution in [0.2, 0.25) is 0 Å². The molecule has 1 aromatic carbocycles. The lowest BCUT2D eigenvalue weighted by atomic mass is 10.1. The quantitative estimate of drug-likeness (QED) is 0.890. The first-order valence-electron chi connectivity index (χ1n) is 7.38. The van der Waals surface area contributed by atoms with Gasteiger partial charge in [-0.3, -0.25) is 14.5 Å². The Hall–Kier alpha value is -1.66. The Bertz CT molecular complexity index is 553. The van der Waals surface area contributed by atoms with Crippen LogP contribution in [0.4, 0.5) is 4.39 Å². The molecule has 7 heteroatoms. The van der Waals surface area contributed by atoms with Crippen molar-refractivity contribution in [2.75, 3.05) is 20.1 Å². The number of likely N-dealkylation sites (tertiary alicyclic amines) is 1. The average Bonchev–Trinajstić information content (AvgIpc) is 2.94. The standard InChI is InChI=1S/C16H21FN2O3.ClH/c1-11(12-5-7-13(17)8-6-12)18(2)15(20)10-19-9-3-4-14(19)16(21)22;/h5-8,11,14H,3-4,9-10H2,1-2H3,(H,21,22);1H/t11?,14-;/m1./s1. The van der Waals surface area contributed by atoms with E-state index in [1.54, 1.807) is 29.0 Å². The molecule has 1 amide bonds. The van der Waals surface area contributed by atoms with Gasteiger partial charge in [-0.2, -0.15) is 0 Å². The molecule has 0 aliphatic carbocycles. The van der Waals surface area contributed by atoms with Gasteiger partial charge in [0.25, 0.3) is 0 Å². The molecular weight excluding hydrogens is 323 g/mol. The Morgan fingerprint density at radius 3 is 2.57 bits per heavy atom. The summed E-state index contributed by atoms with van der Waals surface area (Å²) in [5.74, 6) is -1.32. The predicted molar refractivity (Wildman–Crippen MR) is 87.1 cm³/mol. The molecule has 5 nitrogen and oxygen atoms in total. The summed E-state index contributed by atoms with van der Waals surface area (Å²) in [6.45, 7) is 2.59. The normalized spacial score (nSPS) is 19.0. The van der Waals surface area contributed by atoms with Crippen molar-refractivity contribution in [3.63, 3.8) is 0 Å². The number of likely N-dealkylation sites (N-methyl/N-ethyl adjacent to an activating group) is 1. The molecule has 23 heavy (non-hydrogen) atoms. The van der Waals surface area contributed by atoms with E-state index in [-0.39, 0.29) is 36.7 Å². The van der Waals surface area contributed by atoms with Crippen LogP contribution in [0, 0.1) is 5.82 Å². The van der Waals surface area contributed by atoms with Gasteiger partial charge in [0.15, 0.2) is 0 Å². The van der Waals surface area contributed by atoms with Crippen molar-refractivity contribution in [1.82, 2.24) is 9.80 Å². The fourth-order valence-electron chi connectivity index (χ4n) is 2.76. The van der Waals surface area contributed by atoms with E-state index in [2.05, 4.69) is 0 Å². The molecule has 0 bridgehead atoms. The topological polar surface area (TPSA) is 60.9 Å². The molecule has 1 unspecified atom stereocenters.